The first kappa shape index (κ1) is 23.7. The number of hydrogen-bond donors (Lipinski definition) is 0. The quantitative estimate of drug-likeness (QED) is 0.258. The topological polar surface area (TPSA) is 30.7 Å². The maximum atomic E-state index is 4.86. The van der Waals surface area contributed by atoms with Crippen molar-refractivity contribution >= 4 is 0 Å². The van der Waals surface area contributed by atoms with Crippen molar-refractivity contribution in [1.82, 2.24) is 14.8 Å². The predicted molar refractivity (Wildman–Crippen MR) is 150 cm³/mol. The van der Waals surface area contributed by atoms with E-state index in [9.17, 15) is 0 Å². The number of para-hydroxylation sites is 1. The third kappa shape index (κ3) is 4.37. The van der Waals surface area contributed by atoms with Crippen LogP contribution in [0.3, 0.4) is 0 Å². The minimum absolute atomic E-state index is 0.0435. The molecule has 5 aromatic rings. The van der Waals surface area contributed by atoms with E-state index < -0.39 is 0 Å². The molecular weight excluding hydrogens is 438 g/mol. The van der Waals surface area contributed by atoms with Crippen LogP contribution in [0.2, 0.25) is 0 Å². The zero-order valence-electron chi connectivity index (χ0n) is 21.7. The highest BCUT2D eigenvalue weighted by Gasteiger charge is 2.33. The Morgan fingerprint density at radius 2 is 1.14 bits per heavy atom. The van der Waals surface area contributed by atoms with E-state index in [-0.39, 0.29) is 10.8 Å². The lowest BCUT2D eigenvalue weighted by Crippen LogP contribution is -2.25. The van der Waals surface area contributed by atoms with E-state index in [1.807, 2.05) is 6.07 Å². The molecule has 0 aliphatic rings. The molecule has 0 fully saturated rings. The van der Waals surface area contributed by atoms with Gasteiger partial charge in [0, 0.05) is 5.56 Å². The summed E-state index contributed by atoms with van der Waals surface area (Å²) in [5, 5.41) is 9.68. The molecule has 0 atom stereocenters. The summed E-state index contributed by atoms with van der Waals surface area (Å²) in [4.78, 5) is 0. The Bertz CT molecular complexity index is 1470. The molecule has 0 N–H and O–H groups in total. The molecule has 0 saturated carbocycles. The lowest BCUT2D eigenvalue weighted by molar-refractivity contribution is 0.562. The number of hydrogen-bond acceptors (Lipinski definition) is 2. The van der Waals surface area contributed by atoms with Crippen molar-refractivity contribution in [3.8, 4) is 28.2 Å². The summed E-state index contributed by atoms with van der Waals surface area (Å²) in [7, 11) is 0. The number of nitrogens with zero attached hydrogens (tertiary/aromatic N) is 3. The molecule has 0 spiro atoms. The summed E-state index contributed by atoms with van der Waals surface area (Å²) in [6.45, 7) is 11.2. The second kappa shape index (κ2) is 9.23. The monoisotopic (exact) mass is 471 g/mol. The Hall–Kier alpha value is -3.98. The minimum Gasteiger partial charge on any atom is -0.278 e. The van der Waals surface area contributed by atoms with Crippen molar-refractivity contribution in [2.45, 2.75) is 45.4 Å². The standard InChI is InChI=1S/C33H33N3/c1-32(2,3)28-21-12-13-22-29(28)36-30(26-18-14-17-25(23-26)24-15-8-6-9-16-24)34-35-31(36)33(4,5)27-19-10-7-11-20-27/h6-23H,1-5H3. The molecule has 0 bridgehead atoms. The van der Waals surface area contributed by atoms with Gasteiger partial charge in [-0.1, -0.05) is 118 Å². The highest BCUT2D eigenvalue weighted by Crippen LogP contribution is 2.38. The molecular formula is C33H33N3. The highest BCUT2D eigenvalue weighted by molar-refractivity contribution is 5.71. The number of benzene rings is 4. The molecule has 5 rings (SSSR count). The van der Waals surface area contributed by atoms with Gasteiger partial charge in [0.25, 0.3) is 0 Å². The van der Waals surface area contributed by atoms with Gasteiger partial charge in [0.15, 0.2) is 5.82 Å². The molecule has 180 valence electrons. The van der Waals surface area contributed by atoms with Crippen LogP contribution < -0.4 is 0 Å². The second-order valence-electron chi connectivity index (χ2n) is 10.9. The molecule has 1 heterocycles. The Balaban J connectivity index is 1.77. The Morgan fingerprint density at radius 1 is 0.556 bits per heavy atom. The average Bonchev–Trinajstić information content (AvgIpc) is 3.35. The zero-order chi connectivity index (χ0) is 25.3. The molecule has 1 aromatic heterocycles. The zero-order valence-corrected chi connectivity index (χ0v) is 21.7. The van der Waals surface area contributed by atoms with Gasteiger partial charge < -0.3 is 0 Å². The molecule has 0 aliphatic heterocycles. The van der Waals surface area contributed by atoms with Crippen LogP contribution in [0.1, 0.15) is 51.6 Å². The Labute approximate surface area is 214 Å². The molecule has 3 heteroatoms. The van der Waals surface area contributed by atoms with Gasteiger partial charge in [-0.05, 0) is 53.6 Å². The summed E-state index contributed by atoms with van der Waals surface area (Å²) in [5.41, 5.74) is 6.58. The normalized spacial score (nSPS) is 12.0. The van der Waals surface area contributed by atoms with Gasteiger partial charge in [0.05, 0.1) is 11.1 Å². The molecule has 0 radical (unpaired) electrons. The summed E-state index contributed by atoms with van der Waals surface area (Å²) in [6.07, 6.45) is 0. The fourth-order valence-corrected chi connectivity index (χ4v) is 4.86. The van der Waals surface area contributed by atoms with Crippen LogP contribution >= 0.6 is 0 Å². The van der Waals surface area contributed by atoms with E-state index in [0.29, 0.717) is 0 Å². The van der Waals surface area contributed by atoms with Crippen LogP contribution in [0.5, 0.6) is 0 Å². The third-order valence-corrected chi connectivity index (χ3v) is 6.90. The van der Waals surface area contributed by atoms with Crippen molar-refractivity contribution in [2.24, 2.45) is 0 Å². The lowest BCUT2D eigenvalue weighted by atomic mass is 9.82. The van der Waals surface area contributed by atoms with E-state index >= 15 is 0 Å². The van der Waals surface area contributed by atoms with Gasteiger partial charge in [-0.25, -0.2) is 0 Å². The van der Waals surface area contributed by atoms with Crippen LogP contribution in [0.15, 0.2) is 109 Å². The first-order valence-corrected chi connectivity index (χ1v) is 12.5. The van der Waals surface area contributed by atoms with Gasteiger partial charge in [0.1, 0.15) is 5.82 Å². The van der Waals surface area contributed by atoms with Crippen molar-refractivity contribution in [1.29, 1.82) is 0 Å². The maximum Gasteiger partial charge on any atom is 0.168 e. The van der Waals surface area contributed by atoms with Crippen LogP contribution in [-0.2, 0) is 10.8 Å². The van der Waals surface area contributed by atoms with E-state index in [0.717, 1.165) is 28.5 Å². The first-order valence-electron chi connectivity index (χ1n) is 12.5. The second-order valence-corrected chi connectivity index (χ2v) is 10.9. The first-order chi connectivity index (χ1) is 17.3. The van der Waals surface area contributed by atoms with Crippen molar-refractivity contribution in [3.63, 3.8) is 0 Å². The summed E-state index contributed by atoms with van der Waals surface area (Å²) in [5.74, 6) is 1.77. The highest BCUT2D eigenvalue weighted by atomic mass is 15.3. The Kier molecular flexibility index (Phi) is 6.09. The van der Waals surface area contributed by atoms with Crippen molar-refractivity contribution < 1.29 is 0 Å². The molecule has 0 saturated heterocycles. The SMILES string of the molecule is CC(C)(C)c1ccccc1-n1c(-c2cccc(-c3ccccc3)c2)nnc1C(C)(C)c1ccccc1. The van der Waals surface area contributed by atoms with E-state index in [1.165, 1.54) is 16.7 Å². The molecule has 0 aliphatic carbocycles. The van der Waals surface area contributed by atoms with E-state index in [1.54, 1.807) is 0 Å². The lowest BCUT2D eigenvalue weighted by Gasteiger charge is -2.29. The molecule has 36 heavy (non-hydrogen) atoms. The van der Waals surface area contributed by atoms with Crippen molar-refractivity contribution in [3.05, 3.63) is 126 Å². The Morgan fingerprint density at radius 3 is 1.83 bits per heavy atom. The largest absolute Gasteiger partial charge is 0.278 e. The number of aromatic nitrogens is 3. The average molecular weight is 472 g/mol. The predicted octanol–water partition coefficient (Wildman–Crippen LogP) is 8.22. The molecule has 0 amide bonds. The summed E-state index contributed by atoms with van der Waals surface area (Å²) >= 11 is 0. The van der Waals surface area contributed by atoms with Gasteiger partial charge in [-0.3, -0.25) is 4.57 Å². The smallest absolute Gasteiger partial charge is 0.168 e. The molecule has 0 unspecified atom stereocenters. The van der Waals surface area contributed by atoms with Gasteiger partial charge in [-0.2, -0.15) is 0 Å². The van der Waals surface area contributed by atoms with Crippen LogP contribution in [0.25, 0.3) is 28.2 Å². The summed E-state index contributed by atoms with van der Waals surface area (Å²) < 4.78 is 2.28. The number of rotatable bonds is 5. The van der Waals surface area contributed by atoms with Gasteiger partial charge in [-0.15, -0.1) is 10.2 Å². The van der Waals surface area contributed by atoms with Gasteiger partial charge in [0.2, 0.25) is 0 Å². The van der Waals surface area contributed by atoms with Crippen LogP contribution in [-0.4, -0.2) is 14.8 Å². The van der Waals surface area contributed by atoms with Gasteiger partial charge >= 0.3 is 0 Å². The fraction of sp³-hybridized carbons (Fsp3) is 0.212. The molecule has 4 aromatic carbocycles. The van der Waals surface area contributed by atoms with Crippen LogP contribution in [0.4, 0.5) is 0 Å². The molecule has 3 nitrogen and oxygen atoms in total. The maximum absolute atomic E-state index is 4.86. The van der Waals surface area contributed by atoms with Crippen LogP contribution in [0, 0.1) is 0 Å². The minimum atomic E-state index is -0.353. The summed E-state index contributed by atoms with van der Waals surface area (Å²) in [6, 6.07) is 38.3. The van der Waals surface area contributed by atoms with E-state index in [2.05, 4.69) is 142 Å². The fourth-order valence-electron chi connectivity index (χ4n) is 4.86. The third-order valence-electron chi connectivity index (χ3n) is 6.90. The van der Waals surface area contributed by atoms with E-state index in [4.69, 9.17) is 10.2 Å². The van der Waals surface area contributed by atoms with Crippen molar-refractivity contribution in [2.75, 3.05) is 0 Å².